The molecule has 2 unspecified atom stereocenters. The van der Waals surface area contributed by atoms with Gasteiger partial charge < -0.3 is 9.47 Å². The van der Waals surface area contributed by atoms with E-state index in [0.29, 0.717) is 6.04 Å². The summed E-state index contributed by atoms with van der Waals surface area (Å²) in [5.41, 5.74) is 3.20. The number of alkyl halides is 1. The molecule has 3 saturated heterocycles. The van der Waals surface area contributed by atoms with Crippen molar-refractivity contribution in [3.05, 3.63) is 23.7 Å². The molecule has 0 aromatic carbocycles. The van der Waals surface area contributed by atoms with Crippen LogP contribution in [0.15, 0.2) is 12.3 Å². The number of halogens is 1. The van der Waals surface area contributed by atoms with E-state index < -0.39 is 0 Å². The summed E-state index contributed by atoms with van der Waals surface area (Å²) < 4.78 is 2.34. The average Bonchev–Trinajstić information content (AvgIpc) is 2.89. The van der Waals surface area contributed by atoms with E-state index in [1.165, 1.54) is 31.5 Å². The lowest BCUT2D eigenvalue weighted by Gasteiger charge is -2.45. The van der Waals surface area contributed by atoms with Crippen LogP contribution in [0, 0.1) is 12.8 Å². The first-order valence-electron chi connectivity index (χ1n) is 7.85. The van der Waals surface area contributed by atoms with Crippen LogP contribution < -0.4 is 0 Å². The van der Waals surface area contributed by atoms with Gasteiger partial charge in [0.1, 0.15) is 11.3 Å². The molecule has 3 fully saturated rings. The van der Waals surface area contributed by atoms with E-state index in [1.807, 2.05) is 19.2 Å². The normalized spacial score (nSPS) is 30.0. The fraction of sp³-hybridized carbons (Fsp3) is 0.625. The van der Waals surface area contributed by atoms with E-state index in [-0.39, 0.29) is 5.38 Å². The third-order valence-electron chi connectivity index (χ3n) is 5.12. The van der Waals surface area contributed by atoms with Gasteiger partial charge in [0.2, 0.25) is 0 Å². The fourth-order valence-corrected chi connectivity index (χ4v) is 4.12. The summed E-state index contributed by atoms with van der Waals surface area (Å²) in [7, 11) is 0. The molecule has 5 rings (SSSR count). The highest BCUT2D eigenvalue weighted by atomic mass is 35.5. The topological polar surface area (TPSA) is 34.0 Å². The lowest BCUT2D eigenvalue weighted by molar-refractivity contribution is 0.0573. The lowest BCUT2D eigenvalue weighted by Crippen LogP contribution is -2.48. The molecule has 3 aliphatic heterocycles. The first kappa shape index (κ1) is 13.5. The van der Waals surface area contributed by atoms with Gasteiger partial charge >= 0.3 is 0 Å². The molecule has 21 heavy (non-hydrogen) atoms. The van der Waals surface area contributed by atoms with E-state index in [4.69, 9.17) is 16.6 Å². The Kier molecular flexibility index (Phi) is 3.19. The van der Waals surface area contributed by atoms with Crippen LogP contribution in [0.3, 0.4) is 0 Å². The average molecular weight is 305 g/mol. The number of fused-ring (bicyclic) bond motifs is 4. The summed E-state index contributed by atoms with van der Waals surface area (Å²) in [6, 6.07) is 2.50. The molecule has 4 nitrogen and oxygen atoms in total. The van der Waals surface area contributed by atoms with E-state index in [2.05, 4.69) is 21.4 Å². The highest BCUT2D eigenvalue weighted by Gasteiger charge is 2.37. The van der Waals surface area contributed by atoms with E-state index >= 15 is 0 Å². The van der Waals surface area contributed by atoms with Crippen molar-refractivity contribution in [2.45, 2.75) is 38.1 Å². The Bertz CT molecular complexity index is 670. The van der Waals surface area contributed by atoms with Crippen molar-refractivity contribution in [2.75, 3.05) is 19.6 Å². The number of piperidine rings is 3. The van der Waals surface area contributed by atoms with Crippen LogP contribution in [0.25, 0.3) is 11.2 Å². The van der Waals surface area contributed by atoms with Crippen molar-refractivity contribution in [3.8, 4) is 0 Å². The van der Waals surface area contributed by atoms with Crippen molar-refractivity contribution >= 4 is 22.8 Å². The van der Waals surface area contributed by atoms with Crippen LogP contribution in [0.4, 0.5) is 0 Å². The molecule has 2 atom stereocenters. The minimum absolute atomic E-state index is 0.0888. The molecular weight excluding hydrogens is 284 g/mol. The van der Waals surface area contributed by atoms with Crippen LogP contribution in [0.2, 0.25) is 0 Å². The quantitative estimate of drug-likeness (QED) is 0.798. The standard InChI is InChI=1S/C16H21ClN4/c1-10-3-6-18-16-14(10)19-15(11(2)17)21(16)13-9-20-7-4-12(13)5-8-20/h3,6,11-13H,4-5,7-9H2,1-2H3. The summed E-state index contributed by atoms with van der Waals surface area (Å²) >= 11 is 6.43. The molecule has 2 bridgehead atoms. The SMILES string of the molecule is Cc1ccnc2c1nc(C(C)Cl)n2C1CN2CCC1CC2. The predicted molar refractivity (Wildman–Crippen MR) is 84.7 cm³/mol. The third-order valence-corrected chi connectivity index (χ3v) is 5.31. The maximum atomic E-state index is 6.43. The van der Waals surface area contributed by atoms with Gasteiger partial charge in [-0.2, -0.15) is 0 Å². The van der Waals surface area contributed by atoms with Gasteiger partial charge in [0.15, 0.2) is 5.65 Å². The molecule has 3 aliphatic rings. The number of rotatable bonds is 2. The van der Waals surface area contributed by atoms with Gasteiger partial charge in [-0.15, -0.1) is 11.6 Å². The molecule has 2 aromatic heterocycles. The Morgan fingerprint density at radius 2 is 2.10 bits per heavy atom. The molecular formula is C16H21ClN4. The number of aromatic nitrogens is 3. The predicted octanol–water partition coefficient (Wildman–Crippen LogP) is 3.31. The molecule has 0 aliphatic carbocycles. The van der Waals surface area contributed by atoms with Crippen molar-refractivity contribution < 1.29 is 0 Å². The zero-order valence-electron chi connectivity index (χ0n) is 12.6. The second-order valence-corrected chi connectivity index (χ2v) is 7.12. The van der Waals surface area contributed by atoms with Crippen LogP contribution in [-0.2, 0) is 0 Å². The molecule has 5 heterocycles. The zero-order chi connectivity index (χ0) is 14.6. The van der Waals surface area contributed by atoms with Gasteiger partial charge in [0.25, 0.3) is 0 Å². The van der Waals surface area contributed by atoms with Gasteiger partial charge in [-0.1, -0.05) is 0 Å². The largest absolute Gasteiger partial charge is 0.307 e. The molecule has 2 aromatic rings. The molecule has 112 valence electrons. The Morgan fingerprint density at radius 1 is 1.33 bits per heavy atom. The summed E-state index contributed by atoms with van der Waals surface area (Å²) in [4.78, 5) is 12.0. The third kappa shape index (κ3) is 2.08. The van der Waals surface area contributed by atoms with Gasteiger partial charge in [-0.25, -0.2) is 9.97 Å². The van der Waals surface area contributed by atoms with Gasteiger partial charge in [0, 0.05) is 12.7 Å². The molecule has 5 heteroatoms. The molecule has 0 amide bonds. The Labute approximate surface area is 130 Å². The molecule has 0 spiro atoms. The number of imidazole rings is 1. The molecule has 0 N–H and O–H groups in total. The summed E-state index contributed by atoms with van der Waals surface area (Å²) in [5.74, 6) is 1.72. The highest BCUT2D eigenvalue weighted by molar-refractivity contribution is 6.20. The zero-order valence-corrected chi connectivity index (χ0v) is 13.3. The van der Waals surface area contributed by atoms with E-state index in [9.17, 15) is 0 Å². The van der Waals surface area contributed by atoms with Crippen LogP contribution in [-0.4, -0.2) is 39.1 Å². The minimum atomic E-state index is -0.0888. The van der Waals surface area contributed by atoms with Gasteiger partial charge in [-0.05, 0) is 57.3 Å². The van der Waals surface area contributed by atoms with Crippen LogP contribution >= 0.6 is 11.6 Å². The second kappa shape index (κ2) is 4.96. The number of pyridine rings is 1. The summed E-state index contributed by atoms with van der Waals surface area (Å²) in [6.45, 7) is 7.71. The Balaban J connectivity index is 1.90. The Morgan fingerprint density at radius 3 is 2.71 bits per heavy atom. The maximum absolute atomic E-state index is 6.43. The summed E-state index contributed by atoms with van der Waals surface area (Å²) in [6.07, 6.45) is 4.46. The van der Waals surface area contributed by atoms with Gasteiger partial charge in [-0.3, -0.25) is 0 Å². The first-order valence-corrected chi connectivity index (χ1v) is 8.28. The molecule has 0 radical (unpaired) electrons. The van der Waals surface area contributed by atoms with Crippen molar-refractivity contribution in [2.24, 2.45) is 5.92 Å². The van der Waals surface area contributed by atoms with Crippen molar-refractivity contribution in [1.82, 2.24) is 19.4 Å². The van der Waals surface area contributed by atoms with E-state index in [0.717, 1.165) is 29.5 Å². The van der Waals surface area contributed by atoms with Crippen molar-refractivity contribution in [1.29, 1.82) is 0 Å². The molecule has 0 saturated carbocycles. The van der Waals surface area contributed by atoms with Crippen LogP contribution in [0.1, 0.15) is 42.6 Å². The summed E-state index contributed by atoms with van der Waals surface area (Å²) in [5, 5.41) is -0.0888. The minimum Gasteiger partial charge on any atom is -0.307 e. The number of aryl methyl sites for hydroxylation is 1. The first-order chi connectivity index (χ1) is 10.1. The van der Waals surface area contributed by atoms with E-state index in [1.54, 1.807) is 0 Å². The number of hydrogen-bond acceptors (Lipinski definition) is 3. The van der Waals surface area contributed by atoms with Crippen molar-refractivity contribution in [3.63, 3.8) is 0 Å². The van der Waals surface area contributed by atoms with Crippen LogP contribution in [0.5, 0.6) is 0 Å². The number of hydrogen-bond donors (Lipinski definition) is 0. The monoisotopic (exact) mass is 304 g/mol. The lowest BCUT2D eigenvalue weighted by atomic mass is 9.84. The second-order valence-electron chi connectivity index (χ2n) is 6.46. The maximum Gasteiger partial charge on any atom is 0.160 e. The van der Waals surface area contributed by atoms with Gasteiger partial charge in [0.05, 0.1) is 11.4 Å². The fourth-order valence-electron chi connectivity index (χ4n) is 3.96. The Hall–Kier alpha value is -1.13. The highest BCUT2D eigenvalue weighted by Crippen LogP contribution is 2.39. The number of nitrogens with zero attached hydrogens (tertiary/aromatic N) is 4. The smallest absolute Gasteiger partial charge is 0.160 e.